The third-order valence-electron chi connectivity index (χ3n) is 3.71. The lowest BCUT2D eigenvalue weighted by Crippen LogP contribution is -2.63. The second-order valence-electron chi connectivity index (χ2n) is 4.95. The predicted molar refractivity (Wildman–Crippen MR) is 63.8 cm³/mol. The molecule has 1 aromatic heterocycles. The van der Waals surface area contributed by atoms with E-state index in [1.54, 1.807) is 7.05 Å². The summed E-state index contributed by atoms with van der Waals surface area (Å²) in [7, 11) is 1.71. The van der Waals surface area contributed by atoms with E-state index in [1.807, 2.05) is 0 Å². The molecule has 0 unspecified atom stereocenters. The van der Waals surface area contributed by atoms with Gasteiger partial charge in [-0.15, -0.1) is 0 Å². The van der Waals surface area contributed by atoms with E-state index < -0.39 is 5.91 Å². The molecule has 1 heterocycles. The van der Waals surface area contributed by atoms with Gasteiger partial charge in [-0.3, -0.25) is 4.79 Å². The van der Waals surface area contributed by atoms with E-state index in [9.17, 15) is 4.79 Å². The first kappa shape index (κ1) is 10.3. The van der Waals surface area contributed by atoms with Crippen LogP contribution in [-0.2, 0) is 0 Å². The molecule has 1 amide bonds. The van der Waals surface area contributed by atoms with Crippen molar-refractivity contribution in [2.24, 2.45) is 11.7 Å². The zero-order valence-electron chi connectivity index (χ0n) is 9.66. The van der Waals surface area contributed by atoms with E-state index in [2.05, 4.69) is 20.6 Å². The molecule has 6 nitrogen and oxygen atoms in total. The summed E-state index contributed by atoms with van der Waals surface area (Å²) in [6.07, 6.45) is 5.10. The van der Waals surface area contributed by atoms with Gasteiger partial charge < -0.3 is 16.4 Å². The van der Waals surface area contributed by atoms with Crippen molar-refractivity contribution in [3.63, 3.8) is 0 Å². The van der Waals surface area contributed by atoms with Crippen molar-refractivity contribution in [1.29, 1.82) is 0 Å². The minimum Gasteiger partial charge on any atom is -0.372 e. The number of nitrogens with two attached hydrogens (primary N) is 1. The molecule has 90 valence electrons. The van der Waals surface area contributed by atoms with Gasteiger partial charge in [0.25, 0.3) is 5.91 Å². The number of rotatable bonds is 4. The Hall–Kier alpha value is -1.85. The summed E-state index contributed by atoms with van der Waals surface area (Å²) in [5.74, 6) is 1.42. The van der Waals surface area contributed by atoms with E-state index in [-0.39, 0.29) is 5.54 Å². The summed E-state index contributed by atoms with van der Waals surface area (Å²) in [4.78, 5) is 19.5. The average Bonchev–Trinajstić information content (AvgIpc) is 2.21. The molecular formula is C11H15N5O. The fraction of sp³-hybridized carbons (Fsp3) is 0.545. The van der Waals surface area contributed by atoms with Gasteiger partial charge in [-0.2, -0.15) is 4.98 Å². The van der Waals surface area contributed by atoms with Crippen molar-refractivity contribution in [1.82, 2.24) is 9.97 Å². The zero-order chi connectivity index (χ0) is 12.0. The van der Waals surface area contributed by atoms with Gasteiger partial charge in [0.2, 0.25) is 5.95 Å². The number of carbonyl (C=O) groups excluding carboxylic acids is 1. The molecule has 3 saturated carbocycles. The summed E-state index contributed by atoms with van der Waals surface area (Å²) in [6.45, 7) is 0. The van der Waals surface area contributed by atoms with Crippen LogP contribution in [0.25, 0.3) is 0 Å². The molecule has 0 aromatic carbocycles. The molecule has 17 heavy (non-hydrogen) atoms. The number of nitrogens with zero attached hydrogens (tertiary/aromatic N) is 2. The van der Waals surface area contributed by atoms with E-state index in [4.69, 9.17) is 5.73 Å². The number of amides is 1. The Morgan fingerprint density at radius 3 is 2.71 bits per heavy atom. The smallest absolute Gasteiger partial charge is 0.254 e. The molecule has 3 aliphatic rings. The maximum absolute atomic E-state index is 11.1. The number of hydrogen-bond acceptors (Lipinski definition) is 5. The molecule has 1 aromatic rings. The van der Waals surface area contributed by atoms with Crippen molar-refractivity contribution in [2.45, 2.75) is 24.8 Å². The normalized spacial score (nSPS) is 28.9. The molecule has 0 atom stereocenters. The highest BCUT2D eigenvalue weighted by molar-refractivity contribution is 5.97. The van der Waals surface area contributed by atoms with E-state index >= 15 is 0 Å². The predicted octanol–water partition coefficient (Wildman–Crippen LogP) is 0.582. The van der Waals surface area contributed by atoms with Crippen LogP contribution in [0.1, 0.15) is 29.6 Å². The summed E-state index contributed by atoms with van der Waals surface area (Å²) < 4.78 is 0. The quantitative estimate of drug-likeness (QED) is 0.707. The van der Waals surface area contributed by atoms with Crippen molar-refractivity contribution in [3.8, 4) is 0 Å². The Morgan fingerprint density at radius 1 is 1.53 bits per heavy atom. The summed E-state index contributed by atoms with van der Waals surface area (Å²) in [6, 6.07) is 0. The summed E-state index contributed by atoms with van der Waals surface area (Å²) in [5, 5.41) is 6.21. The number of aromatic nitrogens is 2. The van der Waals surface area contributed by atoms with Gasteiger partial charge in [0.05, 0.1) is 5.56 Å². The first-order chi connectivity index (χ1) is 8.12. The monoisotopic (exact) mass is 233 g/mol. The van der Waals surface area contributed by atoms with Crippen LogP contribution < -0.4 is 16.4 Å². The lowest BCUT2D eigenvalue weighted by Gasteiger charge is -2.61. The lowest BCUT2D eigenvalue weighted by molar-refractivity contribution is 0.00147. The molecule has 4 N–H and O–H groups in total. The summed E-state index contributed by atoms with van der Waals surface area (Å²) >= 11 is 0. The maximum atomic E-state index is 11.1. The molecule has 2 bridgehead atoms. The fourth-order valence-electron chi connectivity index (χ4n) is 2.68. The van der Waals surface area contributed by atoms with E-state index in [1.165, 1.54) is 25.5 Å². The molecule has 0 aliphatic heterocycles. The Balaban J connectivity index is 1.83. The largest absolute Gasteiger partial charge is 0.372 e. The van der Waals surface area contributed by atoms with Crippen LogP contribution >= 0.6 is 0 Å². The van der Waals surface area contributed by atoms with Crippen LogP contribution in [0.3, 0.4) is 0 Å². The molecule has 6 heteroatoms. The topological polar surface area (TPSA) is 92.9 Å². The molecule has 4 rings (SSSR count). The first-order valence-electron chi connectivity index (χ1n) is 5.75. The van der Waals surface area contributed by atoms with Gasteiger partial charge in [-0.1, -0.05) is 0 Å². The van der Waals surface area contributed by atoms with E-state index in [0.717, 1.165) is 5.92 Å². The van der Waals surface area contributed by atoms with Gasteiger partial charge in [0.15, 0.2) is 0 Å². The average molecular weight is 233 g/mol. The van der Waals surface area contributed by atoms with Crippen molar-refractivity contribution >= 4 is 17.7 Å². The second-order valence-corrected chi connectivity index (χ2v) is 4.95. The van der Waals surface area contributed by atoms with Gasteiger partial charge >= 0.3 is 0 Å². The van der Waals surface area contributed by atoms with Crippen LogP contribution in [0, 0.1) is 5.92 Å². The highest BCUT2D eigenvalue weighted by Gasteiger charge is 2.57. The standard InChI is InChI=1S/C11H15N5O/c1-13-9-7(8(12)17)5-14-10(15-9)16-11-2-6(3-11)4-11/h5-6H,2-4H2,1H3,(H2,12,17)(H2,13,14,15,16). The molecule has 3 fully saturated rings. The fourth-order valence-corrected chi connectivity index (χ4v) is 2.68. The third kappa shape index (κ3) is 1.51. The SMILES string of the molecule is CNc1nc(NC23CC(C2)C3)ncc1C(N)=O. The number of carbonyl (C=O) groups is 1. The van der Waals surface area contributed by atoms with E-state index in [0.29, 0.717) is 17.3 Å². The van der Waals surface area contributed by atoms with Gasteiger partial charge in [-0.05, 0) is 25.2 Å². The van der Waals surface area contributed by atoms with Crippen LogP contribution in [0.15, 0.2) is 6.20 Å². The van der Waals surface area contributed by atoms with Crippen LogP contribution in [0.2, 0.25) is 0 Å². The molecule has 0 saturated heterocycles. The Bertz CT molecular complexity index is 470. The number of anilines is 2. The van der Waals surface area contributed by atoms with Gasteiger partial charge in [-0.25, -0.2) is 4.98 Å². The second kappa shape index (κ2) is 3.32. The first-order valence-corrected chi connectivity index (χ1v) is 5.75. The maximum Gasteiger partial charge on any atom is 0.254 e. The van der Waals surface area contributed by atoms with Gasteiger partial charge in [0.1, 0.15) is 5.82 Å². The van der Waals surface area contributed by atoms with Crippen molar-refractivity contribution < 1.29 is 4.79 Å². The van der Waals surface area contributed by atoms with Gasteiger partial charge in [0, 0.05) is 18.8 Å². The molecule has 0 radical (unpaired) electrons. The minimum atomic E-state index is -0.522. The number of hydrogen-bond donors (Lipinski definition) is 3. The summed E-state index contributed by atoms with van der Waals surface area (Å²) in [5.41, 5.74) is 5.77. The molecule has 0 spiro atoms. The minimum absolute atomic E-state index is 0.226. The lowest BCUT2D eigenvalue weighted by atomic mass is 9.50. The van der Waals surface area contributed by atoms with Crippen molar-refractivity contribution in [3.05, 3.63) is 11.8 Å². The molecular weight excluding hydrogens is 218 g/mol. The highest BCUT2D eigenvalue weighted by Crippen LogP contribution is 2.58. The Morgan fingerprint density at radius 2 is 2.24 bits per heavy atom. The van der Waals surface area contributed by atoms with Crippen LogP contribution in [-0.4, -0.2) is 28.5 Å². The van der Waals surface area contributed by atoms with Crippen molar-refractivity contribution in [2.75, 3.05) is 17.7 Å². The van der Waals surface area contributed by atoms with Crippen LogP contribution in [0.5, 0.6) is 0 Å². The Kier molecular flexibility index (Phi) is 2.01. The molecule has 3 aliphatic carbocycles. The zero-order valence-corrected chi connectivity index (χ0v) is 9.66. The Labute approximate surface area is 99.0 Å². The number of primary amides is 1. The third-order valence-corrected chi connectivity index (χ3v) is 3.71. The van der Waals surface area contributed by atoms with Crippen LogP contribution in [0.4, 0.5) is 11.8 Å². The highest BCUT2D eigenvalue weighted by atomic mass is 16.1. The number of nitrogens with one attached hydrogen (secondary N) is 2.